The van der Waals surface area contributed by atoms with Gasteiger partial charge in [-0.1, -0.05) is 60.7 Å². The van der Waals surface area contributed by atoms with E-state index < -0.39 is 34.3 Å². The van der Waals surface area contributed by atoms with Crippen LogP contribution in [-0.4, -0.2) is 51.2 Å². The fourth-order valence-electron chi connectivity index (χ4n) is 3.64. The zero-order chi connectivity index (χ0) is 25.5. The number of ketones is 1. The van der Waals surface area contributed by atoms with Crippen LogP contribution < -0.4 is 10.1 Å². The molecular weight excluding hydrogens is 474 g/mol. The van der Waals surface area contributed by atoms with E-state index in [0.29, 0.717) is 21.2 Å². The van der Waals surface area contributed by atoms with Crippen molar-refractivity contribution in [2.75, 3.05) is 20.7 Å². The molecular formula is C26H28F2N2O4S. The molecule has 6 nitrogen and oxygen atoms in total. The van der Waals surface area contributed by atoms with E-state index in [1.54, 1.807) is 60.7 Å². The van der Waals surface area contributed by atoms with Crippen LogP contribution in [0.25, 0.3) is 0 Å². The molecule has 3 rings (SSSR count). The Kier molecular flexibility index (Phi) is 8.71. The number of ether oxygens (including phenoxy) is 1. The molecule has 0 aliphatic rings. The van der Waals surface area contributed by atoms with Crippen molar-refractivity contribution < 1.29 is 26.7 Å². The van der Waals surface area contributed by atoms with Crippen molar-refractivity contribution in [3.63, 3.8) is 0 Å². The van der Waals surface area contributed by atoms with Gasteiger partial charge in [-0.05, 0) is 48.9 Å². The van der Waals surface area contributed by atoms with Crippen LogP contribution in [0.1, 0.15) is 11.1 Å². The minimum absolute atomic E-state index is 0.0513. The smallest absolute Gasteiger partial charge is 0.320 e. The first kappa shape index (κ1) is 26.5. The monoisotopic (exact) mass is 502 g/mol. The molecule has 0 aliphatic carbocycles. The Balaban J connectivity index is 1.90. The molecule has 9 heteroatoms. The normalized spacial score (nSPS) is 12.9. The van der Waals surface area contributed by atoms with Gasteiger partial charge in [0.15, 0.2) is 0 Å². The number of nitrogens with one attached hydrogen (secondary N) is 1. The molecule has 1 atom stereocenters. The molecule has 0 saturated heterocycles. The lowest BCUT2D eigenvalue weighted by atomic mass is 9.98. The summed E-state index contributed by atoms with van der Waals surface area (Å²) in [6.07, 6.45) is 0.0513. The van der Waals surface area contributed by atoms with Gasteiger partial charge >= 0.3 is 5.92 Å². The minimum atomic E-state index is -4.36. The summed E-state index contributed by atoms with van der Waals surface area (Å²) in [5.74, 6) is -4.87. The quantitative estimate of drug-likeness (QED) is 0.406. The number of methoxy groups -OCH3 is 1. The molecule has 0 spiro atoms. The van der Waals surface area contributed by atoms with E-state index in [1.807, 2.05) is 0 Å². The zero-order valence-corrected chi connectivity index (χ0v) is 20.3. The third kappa shape index (κ3) is 6.72. The maximum absolute atomic E-state index is 15.4. The van der Waals surface area contributed by atoms with Crippen LogP contribution in [0, 0.1) is 0 Å². The predicted molar refractivity (Wildman–Crippen MR) is 130 cm³/mol. The Morgan fingerprint density at radius 2 is 1.49 bits per heavy atom. The van der Waals surface area contributed by atoms with Crippen LogP contribution >= 0.6 is 0 Å². The van der Waals surface area contributed by atoms with Gasteiger partial charge in [-0.2, -0.15) is 13.1 Å². The number of halogens is 2. The van der Waals surface area contributed by atoms with Gasteiger partial charge < -0.3 is 10.1 Å². The number of hydrogen-bond acceptors (Lipinski definition) is 5. The van der Waals surface area contributed by atoms with Gasteiger partial charge in [-0.3, -0.25) is 4.79 Å². The highest BCUT2D eigenvalue weighted by molar-refractivity contribution is 7.89. The first-order chi connectivity index (χ1) is 16.7. The van der Waals surface area contributed by atoms with Gasteiger partial charge in [0, 0.05) is 6.54 Å². The molecule has 0 bridgehead atoms. The number of hydrogen-bond donors (Lipinski definition) is 1. The summed E-state index contributed by atoms with van der Waals surface area (Å²) in [6.45, 7) is -1.61. The van der Waals surface area contributed by atoms with Gasteiger partial charge in [0.1, 0.15) is 5.75 Å². The molecule has 0 fully saturated rings. The lowest BCUT2D eigenvalue weighted by Gasteiger charge is -2.28. The maximum Gasteiger partial charge on any atom is 0.320 e. The summed E-state index contributed by atoms with van der Waals surface area (Å²) in [4.78, 5) is 12.7. The fourth-order valence-corrected chi connectivity index (χ4v) is 5.07. The van der Waals surface area contributed by atoms with Crippen LogP contribution in [0.5, 0.6) is 5.75 Å². The Morgan fingerprint density at radius 3 is 2.00 bits per heavy atom. The highest BCUT2D eigenvalue weighted by Crippen LogP contribution is 2.27. The number of likely N-dealkylation sites (N-methyl/N-ethyl adjacent to an activating group) is 1. The number of nitrogens with zero attached hydrogens (tertiary/aromatic N) is 1. The lowest BCUT2D eigenvalue weighted by Crippen LogP contribution is -2.52. The highest BCUT2D eigenvalue weighted by atomic mass is 32.2. The van der Waals surface area contributed by atoms with Crippen molar-refractivity contribution >= 4 is 15.8 Å². The van der Waals surface area contributed by atoms with Crippen LogP contribution in [0.2, 0.25) is 0 Å². The molecule has 0 amide bonds. The Labute approximate surface area is 204 Å². The van der Waals surface area contributed by atoms with E-state index in [0.717, 1.165) is 0 Å². The van der Waals surface area contributed by atoms with E-state index in [-0.39, 0.29) is 17.9 Å². The van der Waals surface area contributed by atoms with Crippen molar-refractivity contribution in [1.29, 1.82) is 0 Å². The Hall–Kier alpha value is -3.14. The minimum Gasteiger partial charge on any atom is -0.497 e. The van der Waals surface area contributed by atoms with Gasteiger partial charge in [0.25, 0.3) is 0 Å². The molecule has 3 aromatic rings. The van der Waals surface area contributed by atoms with Gasteiger partial charge in [0.2, 0.25) is 15.8 Å². The molecule has 0 aromatic heterocycles. The molecule has 3 aromatic carbocycles. The second kappa shape index (κ2) is 11.5. The second-order valence-electron chi connectivity index (χ2n) is 8.03. The first-order valence-corrected chi connectivity index (χ1v) is 12.4. The van der Waals surface area contributed by atoms with Crippen LogP contribution in [0.3, 0.4) is 0 Å². The first-order valence-electron chi connectivity index (χ1n) is 11.0. The molecule has 186 valence electrons. The van der Waals surface area contributed by atoms with Crippen LogP contribution in [0.15, 0.2) is 89.8 Å². The van der Waals surface area contributed by atoms with E-state index in [2.05, 4.69) is 5.32 Å². The summed E-state index contributed by atoms with van der Waals surface area (Å²) in [5, 5.41) is 2.65. The standard InChI is InChI=1S/C26H28F2N2O4S/c1-29-24(17-20-9-5-3-6-10-20)25(31)26(27,28)19-30(18-21-11-7-4-8-12-21)35(32,33)23-15-13-22(34-2)14-16-23/h3-16,24,29H,17-19H2,1-2H3/t24-/m0/s1. The summed E-state index contributed by atoms with van der Waals surface area (Å²) in [6, 6.07) is 21.5. The third-order valence-electron chi connectivity index (χ3n) is 5.58. The summed E-state index contributed by atoms with van der Waals surface area (Å²) < 4.78 is 63.2. The predicted octanol–water partition coefficient (Wildman–Crippen LogP) is 3.92. The lowest BCUT2D eigenvalue weighted by molar-refractivity contribution is -0.146. The highest BCUT2D eigenvalue weighted by Gasteiger charge is 2.46. The van der Waals surface area contributed by atoms with E-state index in [9.17, 15) is 13.2 Å². The SMILES string of the molecule is CN[C@@H](Cc1ccccc1)C(=O)C(F)(F)CN(Cc1ccccc1)S(=O)(=O)c1ccc(OC)cc1. The van der Waals surface area contributed by atoms with Crippen molar-refractivity contribution in [2.24, 2.45) is 0 Å². The largest absolute Gasteiger partial charge is 0.497 e. The number of carbonyl (C=O) groups excluding carboxylic acids is 1. The number of sulfonamides is 1. The average Bonchev–Trinajstić information content (AvgIpc) is 2.87. The molecule has 0 radical (unpaired) electrons. The number of alkyl halides is 2. The Bertz CT molecular complexity index is 1210. The van der Waals surface area contributed by atoms with Crippen molar-refractivity contribution in [2.45, 2.75) is 29.8 Å². The van der Waals surface area contributed by atoms with Gasteiger partial charge in [-0.15, -0.1) is 0 Å². The van der Waals surface area contributed by atoms with Crippen LogP contribution in [0.4, 0.5) is 8.78 Å². The third-order valence-corrected chi connectivity index (χ3v) is 7.39. The maximum atomic E-state index is 15.4. The topological polar surface area (TPSA) is 75.7 Å². The van der Waals surface area contributed by atoms with E-state index in [4.69, 9.17) is 4.74 Å². The number of carbonyl (C=O) groups is 1. The van der Waals surface area contributed by atoms with Gasteiger partial charge in [-0.25, -0.2) is 8.42 Å². The molecule has 0 saturated carbocycles. The number of Topliss-reactive ketones (excluding diaryl/α,β-unsaturated/α-hetero) is 1. The molecule has 1 N–H and O–H groups in total. The second-order valence-corrected chi connectivity index (χ2v) is 9.97. The average molecular weight is 503 g/mol. The summed E-state index contributed by atoms with van der Waals surface area (Å²) >= 11 is 0. The molecule has 35 heavy (non-hydrogen) atoms. The fraction of sp³-hybridized carbons (Fsp3) is 0.269. The Morgan fingerprint density at radius 1 is 0.943 bits per heavy atom. The summed E-state index contributed by atoms with van der Waals surface area (Å²) in [5.41, 5.74) is 1.23. The summed E-state index contributed by atoms with van der Waals surface area (Å²) in [7, 11) is -1.49. The van der Waals surface area contributed by atoms with E-state index in [1.165, 1.54) is 38.4 Å². The van der Waals surface area contributed by atoms with E-state index >= 15 is 8.78 Å². The zero-order valence-electron chi connectivity index (χ0n) is 19.5. The van der Waals surface area contributed by atoms with Gasteiger partial charge in [0.05, 0.1) is 24.6 Å². The molecule has 0 heterocycles. The number of rotatable bonds is 12. The van der Waals surface area contributed by atoms with Crippen LogP contribution in [-0.2, 0) is 27.8 Å². The molecule has 0 unspecified atom stereocenters. The van der Waals surface area contributed by atoms with Crippen molar-refractivity contribution in [1.82, 2.24) is 9.62 Å². The molecule has 0 aliphatic heterocycles. The van der Waals surface area contributed by atoms with Crippen molar-refractivity contribution in [3.8, 4) is 5.75 Å². The number of benzene rings is 3. The van der Waals surface area contributed by atoms with Crippen molar-refractivity contribution in [3.05, 3.63) is 96.1 Å².